The Morgan fingerprint density at radius 2 is 1.68 bits per heavy atom. The van der Waals surface area contributed by atoms with Crippen LogP contribution >= 0.6 is 12.4 Å². The molecule has 0 radical (unpaired) electrons. The average Bonchev–Trinajstić information content (AvgIpc) is 2.61. The van der Waals surface area contributed by atoms with Crippen molar-refractivity contribution < 1.29 is 18.7 Å². The molecule has 1 aromatic rings. The van der Waals surface area contributed by atoms with Crippen molar-refractivity contribution in [3.8, 4) is 0 Å². The molecule has 2 N–H and O–H groups in total. The van der Waals surface area contributed by atoms with Gasteiger partial charge in [0, 0.05) is 45.0 Å². The highest BCUT2D eigenvalue weighted by Crippen LogP contribution is 2.21. The minimum absolute atomic E-state index is 0. The van der Waals surface area contributed by atoms with Crippen LogP contribution < -0.4 is 5.73 Å². The largest absolute Gasteiger partial charge is 0.381 e. The number of ether oxygens (including phenoxy) is 1. The quantitative estimate of drug-likeness (QED) is 0.842. The third-order valence-corrected chi connectivity index (χ3v) is 4.74. The van der Waals surface area contributed by atoms with Crippen LogP contribution in [-0.2, 0) is 9.53 Å². The first-order valence-electron chi connectivity index (χ1n) is 8.20. The number of nitrogens with two attached hydrogens (primary N) is 1. The summed E-state index contributed by atoms with van der Waals surface area (Å²) in [6.07, 6.45) is 1.04. The molecule has 0 aromatic heterocycles. The lowest BCUT2D eigenvalue weighted by Gasteiger charge is -2.40. The molecule has 2 aliphatic rings. The fourth-order valence-corrected chi connectivity index (χ4v) is 3.18. The van der Waals surface area contributed by atoms with Crippen LogP contribution in [0.25, 0.3) is 0 Å². The summed E-state index contributed by atoms with van der Waals surface area (Å²) in [5.74, 6) is -0.710. The predicted octanol–water partition coefficient (Wildman–Crippen LogP) is 1.04. The molecule has 25 heavy (non-hydrogen) atoms. The maximum absolute atomic E-state index is 13.3. The molecule has 1 aromatic carbocycles. The van der Waals surface area contributed by atoms with Crippen molar-refractivity contribution in [2.45, 2.75) is 18.4 Å². The molecule has 0 aliphatic carbocycles. The van der Waals surface area contributed by atoms with Gasteiger partial charge < -0.3 is 20.3 Å². The zero-order chi connectivity index (χ0) is 17.2. The fourth-order valence-electron chi connectivity index (χ4n) is 3.18. The summed E-state index contributed by atoms with van der Waals surface area (Å²) in [5.41, 5.74) is 5.72. The maximum atomic E-state index is 13.3. The third-order valence-electron chi connectivity index (χ3n) is 4.74. The van der Waals surface area contributed by atoms with Crippen molar-refractivity contribution in [2.24, 2.45) is 5.73 Å². The van der Waals surface area contributed by atoms with Gasteiger partial charge in [-0.15, -0.1) is 12.4 Å². The molecule has 0 atom stereocenters. The van der Waals surface area contributed by atoms with E-state index in [4.69, 9.17) is 10.5 Å². The van der Waals surface area contributed by atoms with Crippen molar-refractivity contribution >= 4 is 24.2 Å². The summed E-state index contributed by atoms with van der Waals surface area (Å²) in [4.78, 5) is 28.4. The van der Waals surface area contributed by atoms with Gasteiger partial charge in [0.15, 0.2) is 0 Å². The monoisotopic (exact) mass is 371 g/mol. The van der Waals surface area contributed by atoms with Crippen LogP contribution in [0.15, 0.2) is 24.3 Å². The van der Waals surface area contributed by atoms with Crippen LogP contribution in [0.5, 0.6) is 0 Å². The Balaban J connectivity index is 0.00000225. The Labute approximate surface area is 152 Å². The van der Waals surface area contributed by atoms with Crippen LogP contribution in [0, 0.1) is 5.82 Å². The first-order valence-corrected chi connectivity index (χ1v) is 8.20. The van der Waals surface area contributed by atoms with Gasteiger partial charge in [-0.3, -0.25) is 9.59 Å². The summed E-state index contributed by atoms with van der Waals surface area (Å²) >= 11 is 0. The minimum atomic E-state index is -0.854. The van der Waals surface area contributed by atoms with Crippen LogP contribution in [0.3, 0.4) is 0 Å². The molecule has 2 fully saturated rings. The molecule has 0 bridgehead atoms. The number of amides is 2. The summed E-state index contributed by atoms with van der Waals surface area (Å²) in [6, 6.07) is 5.66. The van der Waals surface area contributed by atoms with Gasteiger partial charge in [0.1, 0.15) is 5.82 Å². The van der Waals surface area contributed by atoms with Crippen molar-refractivity contribution in [1.82, 2.24) is 9.80 Å². The highest BCUT2D eigenvalue weighted by Gasteiger charge is 2.40. The van der Waals surface area contributed by atoms with Gasteiger partial charge in [-0.25, -0.2) is 4.39 Å². The Morgan fingerprint density at radius 1 is 1.08 bits per heavy atom. The maximum Gasteiger partial charge on any atom is 0.254 e. The second kappa shape index (κ2) is 8.12. The second-order valence-corrected chi connectivity index (χ2v) is 6.36. The highest BCUT2D eigenvalue weighted by molar-refractivity contribution is 5.94. The molecule has 6 nitrogen and oxygen atoms in total. The van der Waals surface area contributed by atoms with Gasteiger partial charge in [0.25, 0.3) is 5.91 Å². The Morgan fingerprint density at radius 3 is 2.28 bits per heavy atom. The molecule has 2 saturated heterocycles. The van der Waals surface area contributed by atoms with Gasteiger partial charge >= 0.3 is 0 Å². The Hall–Kier alpha value is -1.70. The first-order chi connectivity index (χ1) is 11.5. The Kier molecular flexibility index (Phi) is 6.37. The van der Waals surface area contributed by atoms with E-state index in [1.807, 2.05) is 0 Å². The number of rotatable bonds is 2. The third kappa shape index (κ3) is 4.29. The standard InChI is InChI=1S/C17H22FN3O3.ClH/c18-14-3-1-2-13(12-14)15(22)20-6-8-21(9-7-20)16(23)17(19)4-10-24-11-5-17;/h1-3,12H,4-11,19H2;1H. The molecule has 0 saturated carbocycles. The number of carbonyl (C=O) groups is 2. The van der Waals surface area contributed by atoms with E-state index in [0.29, 0.717) is 57.8 Å². The lowest BCUT2D eigenvalue weighted by Crippen LogP contribution is -2.61. The molecule has 2 amide bonds. The molecular formula is C17H23ClFN3O3. The van der Waals surface area contributed by atoms with Crippen molar-refractivity contribution in [3.63, 3.8) is 0 Å². The molecule has 2 heterocycles. The van der Waals surface area contributed by atoms with E-state index in [1.165, 1.54) is 18.2 Å². The van der Waals surface area contributed by atoms with Gasteiger partial charge in [-0.1, -0.05) is 6.07 Å². The van der Waals surface area contributed by atoms with Crippen LogP contribution in [0.4, 0.5) is 4.39 Å². The number of piperazine rings is 1. The summed E-state index contributed by atoms with van der Waals surface area (Å²) in [5, 5.41) is 0. The van der Waals surface area contributed by atoms with Gasteiger partial charge in [0.05, 0.1) is 5.54 Å². The minimum Gasteiger partial charge on any atom is -0.381 e. The molecule has 138 valence electrons. The number of hydrogen-bond donors (Lipinski definition) is 1. The summed E-state index contributed by atoms with van der Waals surface area (Å²) in [7, 11) is 0. The Bertz CT molecular complexity index is 629. The molecule has 8 heteroatoms. The highest BCUT2D eigenvalue weighted by atomic mass is 35.5. The number of halogens is 2. The zero-order valence-electron chi connectivity index (χ0n) is 13.9. The van der Waals surface area contributed by atoms with Crippen molar-refractivity contribution in [2.75, 3.05) is 39.4 Å². The van der Waals surface area contributed by atoms with E-state index >= 15 is 0 Å². The SMILES string of the molecule is Cl.NC1(C(=O)N2CCN(C(=O)c3cccc(F)c3)CC2)CCOCC1. The molecular weight excluding hydrogens is 349 g/mol. The van der Waals surface area contributed by atoms with E-state index < -0.39 is 11.4 Å². The molecule has 0 unspecified atom stereocenters. The average molecular weight is 372 g/mol. The fraction of sp³-hybridized carbons (Fsp3) is 0.529. The van der Waals surface area contributed by atoms with E-state index in [0.717, 1.165) is 0 Å². The lowest BCUT2D eigenvalue weighted by molar-refractivity contribution is -0.142. The normalized spacial score (nSPS) is 19.9. The number of hydrogen-bond acceptors (Lipinski definition) is 4. The smallest absolute Gasteiger partial charge is 0.254 e. The summed E-state index contributed by atoms with van der Waals surface area (Å²) in [6.45, 7) is 2.74. The number of nitrogens with zero attached hydrogens (tertiary/aromatic N) is 2. The second-order valence-electron chi connectivity index (χ2n) is 6.36. The zero-order valence-corrected chi connectivity index (χ0v) is 14.8. The van der Waals surface area contributed by atoms with E-state index in [9.17, 15) is 14.0 Å². The number of benzene rings is 1. The molecule has 3 rings (SSSR count). The van der Waals surface area contributed by atoms with E-state index in [1.54, 1.807) is 15.9 Å². The molecule has 0 spiro atoms. The van der Waals surface area contributed by atoms with Gasteiger partial charge in [-0.05, 0) is 31.0 Å². The van der Waals surface area contributed by atoms with E-state index in [-0.39, 0.29) is 24.2 Å². The lowest BCUT2D eigenvalue weighted by atomic mass is 9.89. The topological polar surface area (TPSA) is 75.9 Å². The van der Waals surface area contributed by atoms with Crippen molar-refractivity contribution in [1.29, 1.82) is 0 Å². The number of carbonyl (C=O) groups excluding carboxylic acids is 2. The van der Waals surface area contributed by atoms with E-state index in [2.05, 4.69) is 0 Å². The van der Waals surface area contributed by atoms with Crippen LogP contribution in [0.1, 0.15) is 23.2 Å². The summed E-state index contributed by atoms with van der Waals surface area (Å²) < 4.78 is 18.5. The van der Waals surface area contributed by atoms with Crippen LogP contribution in [-0.4, -0.2) is 66.5 Å². The van der Waals surface area contributed by atoms with Crippen LogP contribution in [0.2, 0.25) is 0 Å². The van der Waals surface area contributed by atoms with Crippen molar-refractivity contribution in [3.05, 3.63) is 35.6 Å². The van der Waals surface area contributed by atoms with Gasteiger partial charge in [0.2, 0.25) is 5.91 Å². The molecule has 2 aliphatic heterocycles. The van der Waals surface area contributed by atoms with Gasteiger partial charge in [-0.2, -0.15) is 0 Å². The predicted molar refractivity (Wildman–Crippen MR) is 93.1 cm³/mol. The first kappa shape index (κ1) is 19.6.